The van der Waals surface area contributed by atoms with Gasteiger partial charge in [0.2, 0.25) is 0 Å². The third-order valence-corrected chi connectivity index (χ3v) is 5.21. The Morgan fingerprint density at radius 3 is 2.59 bits per heavy atom. The number of rotatable bonds is 5. The lowest BCUT2D eigenvalue weighted by Gasteiger charge is -2.31. The van der Waals surface area contributed by atoms with Gasteiger partial charge in [-0.1, -0.05) is 33.8 Å². The van der Waals surface area contributed by atoms with Crippen LogP contribution in [0.25, 0.3) is 0 Å². The van der Waals surface area contributed by atoms with Crippen molar-refractivity contribution in [3.63, 3.8) is 0 Å². The van der Waals surface area contributed by atoms with E-state index in [9.17, 15) is 0 Å². The van der Waals surface area contributed by atoms with E-state index in [0.717, 1.165) is 38.5 Å². The highest BCUT2D eigenvalue weighted by Gasteiger charge is 2.42. The molecule has 1 heterocycles. The molecule has 1 aromatic rings. The lowest BCUT2D eigenvalue weighted by Crippen LogP contribution is -2.42. The number of fused-ring (bicyclic) bond motifs is 1. The van der Waals surface area contributed by atoms with Crippen LogP contribution in [0.1, 0.15) is 51.7 Å². The normalized spacial score (nSPS) is 26.4. The molecule has 1 fully saturated rings. The van der Waals surface area contributed by atoms with Crippen molar-refractivity contribution in [3.05, 3.63) is 29.3 Å². The third kappa shape index (κ3) is 3.16. The zero-order valence-electron chi connectivity index (χ0n) is 14.4. The first kappa shape index (κ1) is 15.8. The summed E-state index contributed by atoms with van der Waals surface area (Å²) < 4.78 is 11.9. The van der Waals surface area contributed by atoms with E-state index in [-0.39, 0.29) is 6.10 Å². The van der Waals surface area contributed by atoms with E-state index in [2.05, 4.69) is 50.8 Å². The summed E-state index contributed by atoms with van der Waals surface area (Å²) >= 11 is 0. The van der Waals surface area contributed by atoms with Crippen molar-refractivity contribution in [1.82, 2.24) is 4.90 Å². The smallest absolute Gasteiger partial charge is 0.120 e. The maximum atomic E-state index is 6.44. The Kier molecular flexibility index (Phi) is 4.47. The fourth-order valence-corrected chi connectivity index (χ4v) is 4.04. The molecule has 3 rings (SSSR count). The van der Waals surface area contributed by atoms with Crippen LogP contribution in [0.5, 0.6) is 5.75 Å². The molecule has 2 aliphatic rings. The summed E-state index contributed by atoms with van der Waals surface area (Å²) in [6, 6.07) is 6.96. The molecule has 0 aromatic heterocycles. The fourth-order valence-electron chi connectivity index (χ4n) is 4.04. The van der Waals surface area contributed by atoms with Crippen LogP contribution in [-0.2, 0) is 18.0 Å². The second-order valence-corrected chi connectivity index (χ2v) is 7.44. The van der Waals surface area contributed by atoms with Crippen molar-refractivity contribution in [3.8, 4) is 5.75 Å². The molecule has 1 saturated carbocycles. The van der Waals surface area contributed by atoms with Gasteiger partial charge < -0.3 is 9.47 Å². The van der Waals surface area contributed by atoms with E-state index in [1.165, 1.54) is 17.5 Å². The van der Waals surface area contributed by atoms with E-state index in [1.807, 2.05) is 0 Å². The average molecular weight is 303 g/mol. The molecule has 122 valence electrons. The zero-order chi connectivity index (χ0) is 15.7. The van der Waals surface area contributed by atoms with Crippen molar-refractivity contribution in [2.45, 2.75) is 65.9 Å². The van der Waals surface area contributed by atoms with Gasteiger partial charge in [-0.3, -0.25) is 4.90 Å². The summed E-state index contributed by atoms with van der Waals surface area (Å²) in [6.45, 7) is 12.9. The van der Waals surface area contributed by atoms with Crippen LogP contribution >= 0.6 is 0 Å². The van der Waals surface area contributed by atoms with Gasteiger partial charge in [-0.2, -0.15) is 0 Å². The summed E-state index contributed by atoms with van der Waals surface area (Å²) in [5, 5.41) is 0. The second kappa shape index (κ2) is 6.21. The topological polar surface area (TPSA) is 21.7 Å². The summed E-state index contributed by atoms with van der Waals surface area (Å²) in [6.07, 6.45) is 2.63. The molecule has 22 heavy (non-hydrogen) atoms. The number of likely N-dealkylation sites (N-methyl/N-ethyl adjacent to an activating group) is 1. The lowest BCUT2D eigenvalue weighted by molar-refractivity contribution is 0.0945. The van der Waals surface area contributed by atoms with E-state index in [0.29, 0.717) is 11.5 Å². The van der Waals surface area contributed by atoms with Gasteiger partial charge in [-0.05, 0) is 54.6 Å². The molecule has 0 saturated heterocycles. The zero-order valence-corrected chi connectivity index (χ0v) is 14.4. The van der Waals surface area contributed by atoms with Crippen LogP contribution in [-0.4, -0.2) is 30.1 Å². The van der Waals surface area contributed by atoms with E-state index in [4.69, 9.17) is 9.47 Å². The van der Waals surface area contributed by atoms with Crippen molar-refractivity contribution in [2.24, 2.45) is 5.41 Å². The highest BCUT2D eigenvalue weighted by molar-refractivity contribution is 5.36. The predicted molar refractivity (Wildman–Crippen MR) is 89.1 cm³/mol. The van der Waals surface area contributed by atoms with Crippen molar-refractivity contribution in [1.29, 1.82) is 0 Å². The van der Waals surface area contributed by atoms with Crippen LogP contribution < -0.4 is 4.74 Å². The number of hydrogen-bond acceptors (Lipinski definition) is 3. The predicted octanol–water partition coefficient (Wildman–Crippen LogP) is 3.99. The molecule has 0 amide bonds. The Balaban J connectivity index is 1.77. The van der Waals surface area contributed by atoms with E-state index >= 15 is 0 Å². The Hall–Kier alpha value is -1.06. The molecule has 3 nitrogen and oxygen atoms in total. The monoisotopic (exact) mass is 303 g/mol. The summed E-state index contributed by atoms with van der Waals surface area (Å²) in [7, 11) is 0. The van der Waals surface area contributed by atoms with Gasteiger partial charge in [0.15, 0.2) is 0 Å². The van der Waals surface area contributed by atoms with Gasteiger partial charge in [0, 0.05) is 6.04 Å². The summed E-state index contributed by atoms with van der Waals surface area (Å²) in [4.78, 5) is 2.55. The highest BCUT2D eigenvalue weighted by atomic mass is 16.5. The molecule has 2 atom stereocenters. The van der Waals surface area contributed by atoms with Gasteiger partial charge in [-0.25, -0.2) is 0 Å². The standard InChI is InChI=1S/C19H29NO2/c1-5-20(6-2)17-10-19(3,4)11-18(17)22-16-8-7-14-12-21-13-15(14)9-16/h7-9,17-18H,5-6,10-13H2,1-4H3. The molecule has 3 heteroatoms. The minimum atomic E-state index is 0.287. The Labute approximate surface area is 134 Å². The van der Waals surface area contributed by atoms with Crippen LogP contribution in [0.4, 0.5) is 0 Å². The number of benzene rings is 1. The molecule has 0 radical (unpaired) electrons. The molecule has 1 aliphatic heterocycles. The Bertz CT molecular complexity index is 522. The minimum Gasteiger partial charge on any atom is -0.489 e. The molecule has 1 aliphatic carbocycles. The van der Waals surface area contributed by atoms with Crippen molar-refractivity contribution in [2.75, 3.05) is 13.1 Å². The van der Waals surface area contributed by atoms with E-state index < -0.39 is 0 Å². The molecule has 2 unspecified atom stereocenters. The fraction of sp³-hybridized carbons (Fsp3) is 0.684. The molecular formula is C19H29NO2. The first-order valence-electron chi connectivity index (χ1n) is 8.62. The Morgan fingerprint density at radius 2 is 1.86 bits per heavy atom. The average Bonchev–Trinajstić information content (AvgIpc) is 3.04. The highest BCUT2D eigenvalue weighted by Crippen LogP contribution is 2.41. The summed E-state index contributed by atoms with van der Waals surface area (Å²) in [5.41, 5.74) is 2.95. The van der Waals surface area contributed by atoms with Crippen molar-refractivity contribution < 1.29 is 9.47 Å². The van der Waals surface area contributed by atoms with Gasteiger partial charge in [-0.15, -0.1) is 0 Å². The molecule has 0 N–H and O–H groups in total. The van der Waals surface area contributed by atoms with E-state index in [1.54, 1.807) is 0 Å². The first-order valence-corrected chi connectivity index (χ1v) is 8.62. The molecule has 0 bridgehead atoms. The van der Waals surface area contributed by atoms with Crippen LogP contribution in [0, 0.1) is 5.41 Å². The number of hydrogen-bond donors (Lipinski definition) is 0. The van der Waals surface area contributed by atoms with Gasteiger partial charge in [0.1, 0.15) is 11.9 Å². The maximum Gasteiger partial charge on any atom is 0.120 e. The van der Waals surface area contributed by atoms with Gasteiger partial charge >= 0.3 is 0 Å². The third-order valence-electron chi connectivity index (χ3n) is 5.21. The second-order valence-electron chi connectivity index (χ2n) is 7.44. The molecule has 1 aromatic carbocycles. The summed E-state index contributed by atoms with van der Waals surface area (Å²) in [5.74, 6) is 1.00. The molecule has 0 spiro atoms. The lowest BCUT2D eigenvalue weighted by atomic mass is 9.91. The number of ether oxygens (including phenoxy) is 2. The van der Waals surface area contributed by atoms with Crippen LogP contribution in [0.15, 0.2) is 18.2 Å². The Morgan fingerprint density at radius 1 is 1.14 bits per heavy atom. The SMILES string of the molecule is CCN(CC)C1CC(C)(C)CC1Oc1ccc2c(c1)COC2. The van der Waals surface area contributed by atoms with Gasteiger partial charge in [0.25, 0.3) is 0 Å². The minimum absolute atomic E-state index is 0.287. The molecular weight excluding hydrogens is 274 g/mol. The van der Waals surface area contributed by atoms with Crippen LogP contribution in [0.3, 0.4) is 0 Å². The van der Waals surface area contributed by atoms with Crippen LogP contribution in [0.2, 0.25) is 0 Å². The maximum absolute atomic E-state index is 6.44. The first-order chi connectivity index (χ1) is 10.5. The van der Waals surface area contributed by atoms with Crippen molar-refractivity contribution >= 4 is 0 Å². The number of nitrogens with zero attached hydrogens (tertiary/aromatic N) is 1. The largest absolute Gasteiger partial charge is 0.489 e. The van der Waals surface area contributed by atoms with Gasteiger partial charge in [0.05, 0.1) is 13.2 Å². The quantitative estimate of drug-likeness (QED) is 0.821.